The first-order chi connectivity index (χ1) is 12.8. The zero-order valence-electron chi connectivity index (χ0n) is 15.6. The van der Waals surface area contributed by atoms with E-state index in [0.717, 1.165) is 36.9 Å². The Kier molecular flexibility index (Phi) is 7.61. The number of hydrogen-bond acceptors (Lipinski definition) is 4. The van der Waals surface area contributed by atoms with Crippen molar-refractivity contribution < 1.29 is 17.5 Å². The average Bonchev–Trinajstić information content (AvgIpc) is 2.64. The molecule has 0 aliphatic heterocycles. The molecule has 2 aromatic carbocycles. The van der Waals surface area contributed by atoms with Gasteiger partial charge in [0.05, 0.1) is 12.1 Å². The number of methoxy groups -OCH3 is 1. The van der Waals surface area contributed by atoms with Gasteiger partial charge in [-0.2, -0.15) is 0 Å². The molecule has 0 aliphatic carbocycles. The standard InChI is InChI=1S/C19H24ClFN2O3S/c1-4-23(5-2)18(14-7-6-8-16(11-14)26-3)13-22-27(24,25)19-10-9-15(21)12-17(19)20/h6-12,18,22H,4-5,13H2,1-3H3. The number of hydrogen-bond donors (Lipinski definition) is 1. The molecule has 148 valence electrons. The van der Waals surface area contributed by atoms with Crippen molar-refractivity contribution in [1.82, 2.24) is 9.62 Å². The number of nitrogens with one attached hydrogen (secondary N) is 1. The summed E-state index contributed by atoms with van der Waals surface area (Å²) in [5, 5.41) is -0.150. The van der Waals surface area contributed by atoms with E-state index in [0.29, 0.717) is 5.75 Å². The average molecular weight is 415 g/mol. The molecule has 0 fully saturated rings. The minimum Gasteiger partial charge on any atom is -0.497 e. The summed E-state index contributed by atoms with van der Waals surface area (Å²) in [7, 11) is -2.29. The highest BCUT2D eigenvalue weighted by molar-refractivity contribution is 7.89. The van der Waals surface area contributed by atoms with Crippen molar-refractivity contribution in [3.8, 4) is 5.75 Å². The Morgan fingerprint density at radius 3 is 2.48 bits per heavy atom. The van der Waals surface area contributed by atoms with Crippen LogP contribution in [0.3, 0.4) is 0 Å². The fourth-order valence-electron chi connectivity index (χ4n) is 2.93. The Morgan fingerprint density at radius 1 is 1.19 bits per heavy atom. The summed E-state index contributed by atoms with van der Waals surface area (Å²) in [6, 6.07) is 10.6. The lowest BCUT2D eigenvalue weighted by Gasteiger charge is -2.30. The van der Waals surface area contributed by atoms with Crippen LogP contribution in [-0.2, 0) is 10.0 Å². The summed E-state index contributed by atoms with van der Waals surface area (Å²) in [5.74, 6) is 0.116. The maximum atomic E-state index is 13.2. The Morgan fingerprint density at radius 2 is 1.89 bits per heavy atom. The molecular weight excluding hydrogens is 391 g/mol. The van der Waals surface area contributed by atoms with E-state index in [4.69, 9.17) is 16.3 Å². The lowest BCUT2D eigenvalue weighted by Crippen LogP contribution is -2.38. The third-order valence-electron chi connectivity index (χ3n) is 4.38. The molecule has 0 aliphatic rings. The molecule has 2 rings (SSSR count). The van der Waals surface area contributed by atoms with E-state index in [1.54, 1.807) is 7.11 Å². The van der Waals surface area contributed by atoms with Crippen LogP contribution in [0, 0.1) is 5.82 Å². The van der Waals surface area contributed by atoms with Gasteiger partial charge in [0, 0.05) is 12.6 Å². The van der Waals surface area contributed by atoms with Crippen LogP contribution in [-0.4, -0.2) is 40.1 Å². The van der Waals surface area contributed by atoms with Gasteiger partial charge >= 0.3 is 0 Å². The lowest BCUT2D eigenvalue weighted by molar-refractivity contribution is 0.219. The van der Waals surface area contributed by atoms with Gasteiger partial charge in [-0.15, -0.1) is 0 Å². The summed E-state index contributed by atoms with van der Waals surface area (Å²) in [6.45, 7) is 5.67. The molecular formula is C19H24ClFN2O3S. The molecule has 27 heavy (non-hydrogen) atoms. The third-order valence-corrected chi connectivity index (χ3v) is 6.29. The van der Waals surface area contributed by atoms with Crippen molar-refractivity contribution in [3.63, 3.8) is 0 Å². The van der Waals surface area contributed by atoms with E-state index < -0.39 is 15.8 Å². The Balaban J connectivity index is 2.29. The molecule has 5 nitrogen and oxygen atoms in total. The Bertz CT molecular complexity index is 873. The molecule has 0 saturated heterocycles. The topological polar surface area (TPSA) is 58.6 Å². The van der Waals surface area contributed by atoms with E-state index in [1.807, 2.05) is 38.1 Å². The van der Waals surface area contributed by atoms with E-state index in [2.05, 4.69) is 9.62 Å². The van der Waals surface area contributed by atoms with Gasteiger partial charge in [-0.1, -0.05) is 37.6 Å². The quantitative estimate of drug-likeness (QED) is 0.677. The van der Waals surface area contributed by atoms with Gasteiger partial charge in [0.1, 0.15) is 16.5 Å². The molecule has 0 bridgehead atoms. The van der Waals surface area contributed by atoms with Crippen LogP contribution >= 0.6 is 11.6 Å². The smallest absolute Gasteiger partial charge is 0.242 e. The first-order valence-corrected chi connectivity index (χ1v) is 10.5. The van der Waals surface area contributed by atoms with Crippen LogP contribution < -0.4 is 9.46 Å². The summed E-state index contributed by atoms with van der Waals surface area (Å²) >= 11 is 5.92. The lowest BCUT2D eigenvalue weighted by atomic mass is 10.0. The zero-order valence-corrected chi connectivity index (χ0v) is 17.1. The van der Waals surface area contributed by atoms with Crippen LogP contribution in [0.2, 0.25) is 5.02 Å². The van der Waals surface area contributed by atoms with Crippen LogP contribution in [0.4, 0.5) is 4.39 Å². The Hall–Kier alpha value is -1.67. The van der Waals surface area contributed by atoms with Crippen molar-refractivity contribution in [2.45, 2.75) is 24.8 Å². The van der Waals surface area contributed by atoms with Crippen molar-refractivity contribution in [2.24, 2.45) is 0 Å². The van der Waals surface area contributed by atoms with E-state index >= 15 is 0 Å². The van der Waals surface area contributed by atoms with Gasteiger partial charge in [-0.25, -0.2) is 17.5 Å². The summed E-state index contributed by atoms with van der Waals surface area (Å²) < 4.78 is 46.4. The molecule has 0 spiro atoms. The number of ether oxygens (including phenoxy) is 1. The largest absolute Gasteiger partial charge is 0.497 e. The van der Waals surface area contributed by atoms with Crippen molar-refractivity contribution >= 4 is 21.6 Å². The van der Waals surface area contributed by atoms with Gasteiger partial charge in [-0.3, -0.25) is 4.90 Å². The molecule has 1 unspecified atom stereocenters. The van der Waals surface area contributed by atoms with Crippen molar-refractivity contribution in [3.05, 3.63) is 58.9 Å². The predicted molar refractivity (Wildman–Crippen MR) is 105 cm³/mol. The number of benzene rings is 2. The second-order valence-corrected chi connectivity index (χ2v) is 8.08. The maximum absolute atomic E-state index is 13.2. The van der Waals surface area contributed by atoms with Crippen molar-refractivity contribution in [2.75, 3.05) is 26.7 Å². The third kappa shape index (κ3) is 5.42. The normalized spacial score (nSPS) is 13.0. The molecule has 0 amide bonds. The second-order valence-electron chi connectivity index (χ2n) is 5.94. The molecule has 0 saturated carbocycles. The van der Waals surface area contributed by atoms with Gasteiger partial charge in [0.15, 0.2) is 0 Å². The Labute approximate surface area is 165 Å². The van der Waals surface area contributed by atoms with Gasteiger partial charge in [0.2, 0.25) is 10.0 Å². The molecule has 0 radical (unpaired) electrons. The van der Waals surface area contributed by atoms with Crippen LogP contribution in [0.15, 0.2) is 47.4 Å². The van der Waals surface area contributed by atoms with Gasteiger partial charge in [-0.05, 0) is 49.0 Å². The highest BCUT2D eigenvalue weighted by atomic mass is 35.5. The van der Waals surface area contributed by atoms with Crippen molar-refractivity contribution in [1.29, 1.82) is 0 Å². The monoisotopic (exact) mass is 414 g/mol. The zero-order chi connectivity index (χ0) is 20.0. The number of nitrogens with zero attached hydrogens (tertiary/aromatic N) is 1. The van der Waals surface area contributed by atoms with Crippen LogP contribution in [0.5, 0.6) is 5.75 Å². The molecule has 1 N–H and O–H groups in total. The van der Waals surface area contributed by atoms with E-state index in [1.165, 1.54) is 0 Å². The van der Waals surface area contributed by atoms with Crippen LogP contribution in [0.25, 0.3) is 0 Å². The molecule has 8 heteroatoms. The first-order valence-electron chi connectivity index (χ1n) is 8.65. The SMILES string of the molecule is CCN(CC)C(CNS(=O)(=O)c1ccc(F)cc1Cl)c1cccc(OC)c1. The van der Waals surface area contributed by atoms with E-state index in [9.17, 15) is 12.8 Å². The maximum Gasteiger partial charge on any atom is 0.242 e. The highest BCUT2D eigenvalue weighted by Crippen LogP contribution is 2.26. The highest BCUT2D eigenvalue weighted by Gasteiger charge is 2.24. The summed E-state index contributed by atoms with van der Waals surface area (Å²) in [4.78, 5) is 2.00. The fourth-order valence-corrected chi connectivity index (χ4v) is 4.50. The molecule has 0 aromatic heterocycles. The van der Waals surface area contributed by atoms with Crippen LogP contribution in [0.1, 0.15) is 25.5 Å². The first kappa shape index (κ1) is 21.6. The van der Waals surface area contributed by atoms with Gasteiger partial charge < -0.3 is 4.74 Å². The van der Waals surface area contributed by atoms with Gasteiger partial charge in [0.25, 0.3) is 0 Å². The molecule has 2 aromatic rings. The number of likely N-dealkylation sites (N-methyl/N-ethyl adjacent to an activating group) is 1. The number of halogens is 2. The number of rotatable bonds is 9. The fraction of sp³-hybridized carbons (Fsp3) is 0.368. The van der Waals surface area contributed by atoms with E-state index in [-0.39, 0.29) is 22.5 Å². The summed E-state index contributed by atoms with van der Waals surface area (Å²) in [6.07, 6.45) is 0. The number of sulfonamides is 1. The minimum absolute atomic E-state index is 0.144. The second kappa shape index (κ2) is 9.50. The minimum atomic E-state index is -3.88. The summed E-state index contributed by atoms with van der Waals surface area (Å²) in [5.41, 5.74) is 0.936. The molecule has 0 heterocycles. The molecule has 1 atom stereocenters. The predicted octanol–water partition coefficient (Wildman–Crippen LogP) is 3.85.